The van der Waals surface area contributed by atoms with Gasteiger partial charge in [-0.15, -0.1) is 0 Å². The van der Waals surface area contributed by atoms with Gasteiger partial charge in [-0.1, -0.05) is 84.0 Å². The maximum atomic E-state index is 12.3. The van der Waals surface area contributed by atoms with Gasteiger partial charge in [0.15, 0.2) is 5.76 Å². The molecule has 0 aliphatic rings. The molecule has 0 saturated heterocycles. The Kier molecular flexibility index (Phi) is 7.03. The van der Waals surface area contributed by atoms with Crippen molar-refractivity contribution in [2.45, 2.75) is 19.8 Å². The van der Waals surface area contributed by atoms with Crippen LogP contribution in [0.1, 0.15) is 16.8 Å². The number of carbonyl (C=O) groups excluding carboxylic acids is 1. The van der Waals surface area contributed by atoms with Gasteiger partial charge >= 0.3 is 12.1 Å². The standard InChI is InChI=1S/C27H24N2O5/c1-18-25(28-27(32)33-16-15-19-5-3-2-4-6-19)26(34-29-18)23-13-11-22(12-14-23)21-9-7-20(8-10-21)17-24(30)31/h2-14H,15-17H2,1H3,(H,28,32)(H,30,31). The summed E-state index contributed by atoms with van der Waals surface area (Å²) in [6, 6.07) is 24.8. The number of benzene rings is 3. The van der Waals surface area contributed by atoms with Gasteiger partial charge in [0, 0.05) is 12.0 Å². The van der Waals surface area contributed by atoms with Crippen molar-refractivity contribution in [3.8, 4) is 22.5 Å². The predicted molar refractivity (Wildman–Crippen MR) is 129 cm³/mol. The molecule has 0 radical (unpaired) electrons. The predicted octanol–water partition coefficient (Wildman–Crippen LogP) is 5.74. The second-order valence-electron chi connectivity index (χ2n) is 7.81. The minimum Gasteiger partial charge on any atom is -0.481 e. The van der Waals surface area contributed by atoms with Crippen LogP contribution < -0.4 is 5.32 Å². The van der Waals surface area contributed by atoms with Crippen LogP contribution in [0.3, 0.4) is 0 Å². The van der Waals surface area contributed by atoms with Gasteiger partial charge in [-0.25, -0.2) is 4.79 Å². The van der Waals surface area contributed by atoms with E-state index in [-0.39, 0.29) is 13.0 Å². The Hall–Kier alpha value is -4.39. The number of aliphatic carboxylic acids is 1. The Morgan fingerprint density at radius 3 is 2.15 bits per heavy atom. The van der Waals surface area contributed by atoms with E-state index < -0.39 is 12.1 Å². The molecule has 0 bridgehead atoms. The molecule has 4 aromatic rings. The number of aryl methyl sites for hydroxylation is 1. The first-order valence-electron chi connectivity index (χ1n) is 10.8. The van der Waals surface area contributed by atoms with Gasteiger partial charge in [0.25, 0.3) is 0 Å². The molecule has 0 aliphatic heterocycles. The van der Waals surface area contributed by atoms with E-state index in [0.717, 1.165) is 27.8 Å². The molecular weight excluding hydrogens is 432 g/mol. The van der Waals surface area contributed by atoms with Gasteiger partial charge in [-0.3, -0.25) is 10.1 Å². The second kappa shape index (κ2) is 10.5. The molecule has 4 rings (SSSR count). The van der Waals surface area contributed by atoms with Crippen LogP contribution in [0.4, 0.5) is 10.5 Å². The summed E-state index contributed by atoms with van der Waals surface area (Å²) >= 11 is 0. The summed E-state index contributed by atoms with van der Waals surface area (Å²) in [4.78, 5) is 23.2. The third-order valence-corrected chi connectivity index (χ3v) is 5.35. The van der Waals surface area contributed by atoms with Crippen molar-refractivity contribution in [1.29, 1.82) is 0 Å². The van der Waals surface area contributed by atoms with E-state index in [9.17, 15) is 9.59 Å². The van der Waals surface area contributed by atoms with E-state index in [1.807, 2.05) is 78.9 Å². The van der Waals surface area contributed by atoms with Crippen molar-refractivity contribution in [1.82, 2.24) is 5.16 Å². The van der Waals surface area contributed by atoms with Gasteiger partial charge < -0.3 is 14.4 Å². The zero-order valence-corrected chi connectivity index (χ0v) is 18.7. The Labute approximate surface area is 197 Å². The van der Waals surface area contributed by atoms with E-state index in [0.29, 0.717) is 23.6 Å². The molecule has 34 heavy (non-hydrogen) atoms. The SMILES string of the molecule is Cc1noc(-c2ccc(-c3ccc(CC(=O)O)cc3)cc2)c1NC(=O)OCCc1ccccc1. The molecule has 0 spiro atoms. The minimum absolute atomic E-state index is 0.00543. The number of hydrogen-bond donors (Lipinski definition) is 2. The summed E-state index contributed by atoms with van der Waals surface area (Å²) in [5.74, 6) is -0.412. The van der Waals surface area contributed by atoms with Gasteiger partial charge in [0.1, 0.15) is 11.4 Å². The van der Waals surface area contributed by atoms with E-state index in [4.69, 9.17) is 14.4 Å². The zero-order chi connectivity index (χ0) is 23.9. The van der Waals surface area contributed by atoms with Gasteiger partial charge in [0.05, 0.1) is 13.0 Å². The number of nitrogens with zero attached hydrogens (tertiary/aromatic N) is 1. The highest BCUT2D eigenvalue weighted by atomic mass is 16.5. The number of ether oxygens (including phenoxy) is 1. The largest absolute Gasteiger partial charge is 0.481 e. The molecule has 1 heterocycles. The van der Waals surface area contributed by atoms with Crippen LogP contribution in [0.25, 0.3) is 22.5 Å². The molecule has 2 N–H and O–H groups in total. The van der Waals surface area contributed by atoms with Crippen molar-refractivity contribution in [3.63, 3.8) is 0 Å². The van der Waals surface area contributed by atoms with Crippen LogP contribution >= 0.6 is 0 Å². The molecule has 0 unspecified atom stereocenters. The summed E-state index contributed by atoms with van der Waals surface area (Å²) in [7, 11) is 0. The molecule has 0 atom stereocenters. The number of carboxylic acids is 1. The number of aromatic nitrogens is 1. The summed E-state index contributed by atoms with van der Waals surface area (Å²) in [6.45, 7) is 2.01. The molecule has 1 aromatic heterocycles. The topological polar surface area (TPSA) is 102 Å². The third-order valence-electron chi connectivity index (χ3n) is 5.35. The van der Waals surface area contributed by atoms with Crippen LogP contribution in [-0.4, -0.2) is 28.9 Å². The first-order valence-corrected chi connectivity index (χ1v) is 10.8. The molecule has 172 valence electrons. The maximum Gasteiger partial charge on any atom is 0.411 e. The average molecular weight is 456 g/mol. The highest BCUT2D eigenvalue weighted by Gasteiger charge is 2.18. The Morgan fingerprint density at radius 2 is 1.50 bits per heavy atom. The van der Waals surface area contributed by atoms with Gasteiger partial charge in [0.2, 0.25) is 0 Å². The monoisotopic (exact) mass is 456 g/mol. The van der Waals surface area contributed by atoms with Gasteiger partial charge in [-0.05, 0) is 29.2 Å². The zero-order valence-electron chi connectivity index (χ0n) is 18.7. The fraction of sp³-hybridized carbons (Fsp3) is 0.148. The summed E-state index contributed by atoms with van der Waals surface area (Å²) in [5, 5.41) is 15.7. The lowest BCUT2D eigenvalue weighted by atomic mass is 10.0. The molecule has 3 aromatic carbocycles. The van der Waals surface area contributed by atoms with E-state index in [2.05, 4.69) is 10.5 Å². The first-order chi connectivity index (χ1) is 16.5. The fourth-order valence-corrected chi connectivity index (χ4v) is 3.56. The number of anilines is 1. The lowest BCUT2D eigenvalue weighted by Gasteiger charge is -2.08. The molecule has 0 fully saturated rings. The van der Waals surface area contributed by atoms with Crippen molar-refractivity contribution < 1.29 is 24.0 Å². The van der Waals surface area contributed by atoms with Crippen LogP contribution in [-0.2, 0) is 22.4 Å². The van der Waals surface area contributed by atoms with Crippen molar-refractivity contribution in [2.75, 3.05) is 11.9 Å². The van der Waals surface area contributed by atoms with Crippen molar-refractivity contribution >= 4 is 17.7 Å². The minimum atomic E-state index is -0.857. The Balaban J connectivity index is 1.42. The van der Waals surface area contributed by atoms with E-state index in [1.165, 1.54) is 0 Å². The van der Waals surface area contributed by atoms with Crippen molar-refractivity contribution in [2.24, 2.45) is 0 Å². The van der Waals surface area contributed by atoms with E-state index in [1.54, 1.807) is 6.92 Å². The normalized spacial score (nSPS) is 10.6. The fourth-order valence-electron chi connectivity index (χ4n) is 3.56. The maximum absolute atomic E-state index is 12.3. The smallest absolute Gasteiger partial charge is 0.411 e. The summed E-state index contributed by atoms with van der Waals surface area (Å²) < 4.78 is 10.8. The highest BCUT2D eigenvalue weighted by molar-refractivity contribution is 5.91. The second-order valence-corrected chi connectivity index (χ2v) is 7.81. The number of amides is 1. The number of nitrogens with one attached hydrogen (secondary N) is 1. The Morgan fingerprint density at radius 1 is 0.882 bits per heavy atom. The quantitative estimate of drug-likeness (QED) is 0.351. The van der Waals surface area contributed by atoms with Crippen LogP contribution in [0.2, 0.25) is 0 Å². The molecule has 1 amide bonds. The lowest BCUT2D eigenvalue weighted by Crippen LogP contribution is -2.16. The number of hydrogen-bond acceptors (Lipinski definition) is 5. The van der Waals surface area contributed by atoms with Gasteiger partial charge in [-0.2, -0.15) is 0 Å². The molecule has 7 heteroatoms. The lowest BCUT2D eigenvalue weighted by molar-refractivity contribution is -0.136. The molecule has 0 aliphatic carbocycles. The number of carboxylic acid groups (broad SMARTS) is 1. The van der Waals surface area contributed by atoms with Crippen LogP contribution in [0, 0.1) is 6.92 Å². The number of carbonyl (C=O) groups is 2. The van der Waals surface area contributed by atoms with Crippen molar-refractivity contribution in [3.05, 3.63) is 95.7 Å². The molecular formula is C27H24N2O5. The molecule has 0 saturated carbocycles. The third kappa shape index (κ3) is 5.69. The van der Waals surface area contributed by atoms with E-state index >= 15 is 0 Å². The average Bonchev–Trinajstić information content (AvgIpc) is 3.20. The van der Waals surface area contributed by atoms with Crippen LogP contribution in [0.5, 0.6) is 0 Å². The highest BCUT2D eigenvalue weighted by Crippen LogP contribution is 2.32. The summed E-state index contributed by atoms with van der Waals surface area (Å²) in [6.07, 6.45) is 0.0540. The van der Waals surface area contributed by atoms with Crippen LogP contribution in [0.15, 0.2) is 83.4 Å². The first kappa shape index (κ1) is 22.8. The molecule has 7 nitrogen and oxygen atoms in total. The summed E-state index contributed by atoms with van der Waals surface area (Å²) in [5.41, 5.74) is 5.55. The number of rotatable bonds is 8. The Bertz CT molecular complexity index is 1260.